The van der Waals surface area contributed by atoms with E-state index in [1.807, 2.05) is 0 Å². The Morgan fingerprint density at radius 1 is 0.372 bits per heavy atom. The Morgan fingerprint density at radius 2 is 0.721 bits per heavy atom. The highest BCUT2D eigenvalue weighted by Crippen LogP contribution is 2.67. The maximum Gasteiger partial charge on any atom is 0.0436 e. The summed E-state index contributed by atoms with van der Waals surface area (Å²) in [5.41, 5.74) is -2.04. The van der Waals surface area contributed by atoms with E-state index in [0.29, 0.717) is 44.9 Å². The molecule has 7 N–H and O–H groups in total. The molecule has 0 heterocycles. The lowest BCUT2D eigenvalue weighted by molar-refractivity contribution is -0.183. The molecule has 0 spiro atoms. The van der Waals surface area contributed by atoms with Crippen molar-refractivity contribution in [3.63, 3.8) is 0 Å². The van der Waals surface area contributed by atoms with Gasteiger partial charge in [0, 0.05) is 46.2 Å². The molecule has 1 aliphatic rings. The summed E-state index contributed by atoms with van der Waals surface area (Å²) in [5.74, 6) is -0.0375. The monoisotopic (exact) mass is 617 g/mol. The molecule has 0 aromatic rings. The van der Waals surface area contributed by atoms with Gasteiger partial charge in [-0.05, 0) is 80.0 Å². The predicted octanol–water partition coefficient (Wildman–Crippen LogP) is 6.27. The van der Waals surface area contributed by atoms with Gasteiger partial charge in [-0.25, -0.2) is 0 Å². The molecule has 0 aromatic carbocycles. The number of hydrogen-bond acceptors (Lipinski definition) is 7. The first kappa shape index (κ1) is 40.7. The third-order valence-electron chi connectivity index (χ3n) is 11.6. The molecule has 1 rings (SSSR count). The summed E-state index contributed by atoms with van der Waals surface area (Å²) < 4.78 is 0. The van der Waals surface area contributed by atoms with E-state index in [9.17, 15) is 35.7 Å². The van der Waals surface area contributed by atoms with Gasteiger partial charge in [0.25, 0.3) is 0 Å². The lowest BCUT2D eigenvalue weighted by Crippen LogP contribution is -2.59. The van der Waals surface area contributed by atoms with Gasteiger partial charge in [0.1, 0.15) is 0 Å². The minimum absolute atomic E-state index is 0.00932. The quantitative estimate of drug-likeness (QED) is 0.122. The molecule has 1 aliphatic carbocycles. The zero-order valence-corrected chi connectivity index (χ0v) is 27.8. The van der Waals surface area contributed by atoms with Gasteiger partial charge in [0.2, 0.25) is 0 Å². The Kier molecular flexibility index (Phi) is 23.6. The zero-order valence-electron chi connectivity index (χ0n) is 27.8. The second kappa shape index (κ2) is 24.9. The van der Waals surface area contributed by atoms with E-state index in [0.717, 1.165) is 44.9 Å². The summed E-state index contributed by atoms with van der Waals surface area (Å²) in [7, 11) is 0. The molecule has 0 bridgehead atoms. The molecule has 0 aromatic heterocycles. The fraction of sp³-hybridized carbons (Fsp3) is 1.00. The lowest BCUT2D eigenvalue weighted by atomic mass is 9.40. The first-order chi connectivity index (χ1) is 21.0. The largest absolute Gasteiger partial charge is 0.396 e. The molecule has 1 saturated carbocycles. The van der Waals surface area contributed by atoms with E-state index in [1.165, 1.54) is 70.6 Å². The first-order valence-electron chi connectivity index (χ1n) is 18.3. The second-order valence-electron chi connectivity index (χ2n) is 13.8. The number of hydrogen-bond donors (Lipinski definition) is 7. The number of aliphatic hydroxyl groups excluding tert-OH is 7. The molecule has 0 aliphatic heterocycles. The van der Waals surface area contributed by atoms with Gasteiger partial charge < -0.3 is 35.7 Å². The summed E-state index contributed by atoms with van der Waals surface area (Å²) in [4.78, 5) is 0. The van der Waals surface area contributed by atoms with Crippen molar-refractivity contribution in [3.05, 3.63) is 0 Å². The maximum absolute atomic E-state index is 10.7. The second-order valence-corrected chi connectivity index (χ2v) is 13.8. The molecular formula is C36H72O7. The van der Waals surface area contributed by atoms with Crippen LogP contribution in [-0.2, 0) is 0 Å². The van der Waals surface area contributed by atoms with Gasteiger partial charge in [-0.3, -0.25) is 0 Å². The Balaban J connectivity index is 3.68. The van der Waals surface area contributed by atoms with Crippen LogP contribution in [0.15, 0.2) is 0 Å². The molecule has 0 amide bonds. The Labute approximate surface area is 264 Å². The van der Waals surface area contributed by atoms with Crippen molar-refractivity contribution in [1.29, 1.82) is 0 Å². The minimum Gasteiger partial charge on any atom is -0.396 e. The fourth-order valence-electron chi connectivity index (χ4n) is 9.57. The maximum atomic E-state index is 10.7. The minimum atomic E-state index is -0.753. The highest BCUT2D eigenvalue weighted by molar-refractivity contribution is 5.10. The summed E-state index contributed by atoms with van der Waals surface area (Å²) in [5, 5.41) is 74.0. The third-order valence-corrected chi connectivity index (χ3v) is 11.6. The van der Waals surface area contributed by atoms with Crippen molar-refractivity contribution < 1.29 is 35.7 Å². The van der Waals surface area contributed by atoms with Crippen LogP contribution in [0.3, 0.4) is 0 Å². The fourth-order valence-corrected chi connectivity index (χ4v) is 9.57. The Morgan fingerprint density at radius 3 is 1.07 bits per heavy atom. The average Bonchev–Trinajstić information content (AvgIpc) is 2.99. The molecule has 7 nitrogen and oxygen atoms in total. The van der Waals surface area contributed by atoms with Crippen LogP contribution in [0, 0.1) is 22.2 Å². The highest BCUT2D eigenvalue weighted by Gasteiger charge is 2.62. The van der Waals surface area contributed by atoms with Crippen LogP contribution in [0.5, 0.6) is 0 Å². The van der Waals surface area contributed by atoms with Gasteiger partial charge in [-0.15, -0.1) is 0 Å². The van der Waals surface area contributed by atoms with Crippen molar-refractivity contribution >= 4 is 0 Å². The molecule has 7 heteroatoms. The number of aliphatic hydroxyl groups is 7. The van der Waals surface area contributed by atoms with Crippen LogP contribution in [0.25, 0.3) is 0 Å². The van der Waals surface area contributed by atoms with Gasteiger partial charge in [0.05, 0.1) is 0 Å². The molecule has 0 radical (unpaired) electrons. The van der Waals surface area contributed by atoms with Crippen LogP contribution in [-0.4, -0.2) is 82.0 Å². The van der Waals surface area contributed by atoms with Crippen molar-refractivity contribution in [1.82, 2.24) is 0 Å². The first-order valence-corrected chi connectivity index (χ1v) is 18.3. The van der Waals surface area contributed by atoms with Crippen molar-refractivity contribution in [2.45, 2.75) is 161 Å². The SMILES string of the molecule is OCCC1CCCCCCCCCCCCCCCCCCC(CCO)(CCO)C(CCO)(CCO)C1(CCO)CCO. The molecule has 258 valence electrons. The van der Waals surface area contributed by atoms with Crippen LogP contribution < -0.4 is 0 Å². The van der Waals surface area contributed by atoms with E-state index >= 15 is 0 Å². The van der Waals surface area contributed by atoms with E-state index in [-0.39, 0.29) is 52.2 Å². The normalized spacial score (nSPS) is 23.7. The highest BCUT2D eigenvalue weighted by atomic mass is 16.3. The molecular weight excluding hydrogens is 544 g/mol. The van der Waals surface area contributed by atoms with Gasteiger partial charge >= 0.3 is 0 Å². The lowest BCUT2D eigenvalue weighted by Gasteiger charge is -2.64. The van der Waals surface area contributed by atoms with Crippen LogP contribution in [0.2, 0.25) is 0 Å². The van der Waals surface area contributed by atoms with Crippen LogP contribution in [0.4, 0.5) is 0 Å². The summed E-state index contributed by atoms with van der Waals surface area (Å²) in [6, 6.07) is 0. The third kappa shape index (κ3) is 12.4. The summed E-state index contributed by atoms with van der Waals surface area (Å²) >= 11 is 0. The Hall–Kier alpha value is -0.280. The van der Waals surface area contributed by atoms with Crippen molar-refractivity contribution in [2.24, 2.45) is 22.2 Å². The molecule has 1 atom stereocenters. The van der Waals surface area contributed by atoms with Gasteiger partial charge in [-0.1, -0.05) is 103 Å². The van der Waals surface area contributed by atoms with Crippen molar-refractivity contribution in [3.8, 4) is 0 Å². The van der Waals surface area contributed by atoms with E-state index in [4.69, 9.17) is 0 Å². The standard InChI is InChI=1S/C36H72O7/c37-26-18-33-17-15-13-11-9-7-5-3-1-2-4-6-8-10-12-14-16-19-34(20-27-38,21-28-39)36(24-31-42,25-32-43)35(33,22-29-40)23-30-41/h33,37-43H,1-32H2. The molecule has 1 fully saturated rings. The topological polar surface area (TPSA) is 142 Å². The molecule has 0 saturated heterocycles. The Bertz CT molecular complexity index is 611. The molecule has 1 unspecified atom stereocenters. The summed E-state index contributed by atoms with van der Waals surface area (Å²) in [6.45, 7) is -0.602. The number of rotatable bonds is 14. The zero-order chi connectivity index (χ0) is 31.7. The summed E-state index contributed by atoms with van der Waals surface area (Å²) in [6.07, 6.45) is 23.8. The average molecular weight is 617 g/mol. The van der Waals surface area contributed by atoms with Crippen LogP contribution >= 0.6 is 0 Å². The van der Waals surface area contributed by atoms with Crippen LogP contribution in [0.1, 0.15) is 161 Å². The molecule has 43 heavy (non-hydrogen) atoms. The van der Waals surface area contributed by atoms with Crippen molar-refractivity contribution in [2.75, 3.05) is 46.2 Å². The van der Waals surface area contributed by atoms with Gasteiger partial charge in [0.15, 0.2) is 0 Å². The van der Waals surface area contributed by atoms with E-state index in [2.05, 4.69) is 0 Å². The smallest absolute Gasteiger partial charge is 0.0436 e. The predicted molar refractivity (Wildman–Crippen MR) is 176 cm³/mol. The van der Waals surface area contributed by atoms with E-state index in [1.54, 1.807) is 0 Å². The van der Waals surface area contributed by atoms with E-state index < -0.39 is 16.2 Å². The van der Waals surface area contributed by atoms with Gasteiger partial charge in [-0.2, -0.15) is 0 Å².